The van der Waals surface area contributed by atoms with E-state index in [-0.39, 0.29) is 11.5 Å². The van der Waals surface area contributed by atoms with E-state index in [4.69, 9.17) is 9.47 Å². The molecule has 0 saturated carbocycles. The number of nitro benzene ring substituents is 1. The van der Waals surface area contributed by atoms with Crippen LogP contribution in [-0.2, 0) is 0 Å². The summed E-state index contributed by atoms with van der Waals surface area (Å²) in [6, 6.07) is 6.67. The molecule has 0 aromatic heterocycles. The Labute approximate surface area is 112 Å². The van der Waals surface area contributed by atoms with Crippen LogP contribution in [-0.4, -0.2) is 12.0 Å². The maximum Gasteiger partial charge on any atom is 0.352 e. The molecule has 0 aliphatic heterocycles. The zero-order valence-electron chi connectivity index (χ0n) is 10.3. The molecule has 0 saturated heterocycles. The minimum Gasteiger partial charge on any atom is -0.490 e. The monoisotopic (exact) mass is 281 g/mol. The fourth-order valence-electron chi connectivity index (χ4n) is 1.60. The van der Waals surface area contributed by atoms with Crippen LogP contribution in [0.15, 0.2) is 36.4 Å². The van der Waals surface area contributed by atoms with Crippen LogP contribution in [0, 0.1) is 21.7 Å². The van der Waals surface area contributed by atoms with Gasteiger partial charge >= 0.3 is 5.69 Å². The fraction of sp³-hybridized carbons (Fsp3) is 0.0769. The Balaban J connectivity index is 2.48. The van der Waals surface area contributed by atoms with Crippen molar-refractivity contribution in [3.8, 4) is 17.2 Å². The number of hydrogen-bond acceptors (Lipinski definition) is 4. The lowest BCUT2D eigenvalue weighted by Gasteiger charge is -2.09. The predicted molar refractivity (Wildman–Crippen MR) is 66.1 cm³/mol. The number of para-hydroxylation sites is 1. The minimum atomic E-state index is -0.830. The third kappa shape index (κ3) is 2.66. The van der Waals surface area contributed by atoms with Gasteiger partial charge in [-0.3, -0.25) is 10.1 Å². The van der Waals surface area contributed by atoms with Crippen LogP contribution in [0.2, 0.25) is 0 Å². The zero-order valence-corrected chi connectivity index (χ0v) is 10.3. The van der Waals surface area contributed by atoms with Gasteiger partial charge in [-0.1, -0.05) is 6.07 Å². The number of benzene rings is 2. The molecule has 0 amide bonds. The summed E-state index contributed by atoms with van der Waals surface area (Å²) in [5, 5.41) is 11.0. The molecule has 0 aliphatic rings. The van der Waals surface area contributed by atoms with E-state index >= 15 is 0 Å². The van der Waals surface area contributed by atoms with Crippen LogP contribution >= 0.6 is 0 Å². The number of halogens is 2. The molecular weight excluding hydrogens is 272 g/mol. The third-order valence-electron chi connectivity index (χ3n) is 2.48. The molecule has 2 rings (SSSR count). The average molecular weight is 281 g/mol. The van der Waals surface area contributed by atoms with Gasteiger partial charge in [0.25, 0.3) is 0 Å². The van der Waals surface area contributed by atoms with Crippen molar-refractivity contribution in [1.82, 2.24) is 0 Å². The molecule has 0 unspecified atom stereocenters. The first-order valence-corrected chi connectivity index (χ1v) is 5.47. The smallest absolute Gasteiger partial charge is 0.352 e. The molecule has 104 valence electrons. The molecule has 0 bridgehead atoms. The molecule has 0 atom stereocenters. The number of nitrogens with zero attached hydrogens (tertiary/aromatic N) is 1. The molecule has 0 radical (unpaired) electrons. The molecule has 2 aromatic rings. The summed E-state index contributed by atoms with van der Waals surface area (Å²) in [6.07, 6.45) is 0. The Hall–Kier alpha value is -2.70. The van der Waals surface area contributed by atoms with Crippen LogP contribution in [0.25, 0.3) is 0 Å². The second-order valence-electron chi connectivity index (χ2n) is 3.74. The summed E-state index contributed by atoms with van der Waals surface area (Å²) < 4.78 is 36.5. The summed E-state index contributed by atoms with van der Waals surface area (Å²) in [5.41, 5.74) is -0.460. The Morgan fingerprint density at radius 2 is 1.80 bits per heavy atom. The maximum absolute atomic E-state index is 13.5. The highest BCUT2D eigenvalue weighted by atomic mass is 19.1. The lowest BCUT2D eigenvalue weighted by atomic mass is 10.2. The van der Waals surface area contributed by atoms with Crippen LogP contribution < -0.4 is 9.47 Å². The standard InChI is InChI=1S/C13H9F2NO4/c1-19-10-3-2-4-11(13(10)16(17)18)20-12-7-8(14)5-6-9(12)15/h2-7H,1H3. The maximum atomic E-state index is 13.5. The highest BCUT2D eigenvalue weighted by molar-refractivity contribution is 5.58. The van der Waals surface area contributed by atoms with E-state index in [0.29, 0.717) is 0 Å². The van der Waals surface area contributed by atoms with Crippen molar-refractivity contribution < 1.29 is 23.2 Å². The topological polar surface area (TPSA) is 61.6 Å². The Bertz CT molecular complexity index is 661. The van der Waals surface area contributed by atoms with Gasteiger partial charge in [0.1, 0.15) is 5.82 Å². The number of hydrogen-bond donors (Lipinski definition) is 0. The van der Waals surface area contributed by atoms with Crippen molar-refractivity contribution in [3.63, 3.8) is 0 Å². The molecule has 2 aromatic carbocycles. The molecule has 0 N–H and O–H groups in total. The second-order valence-corrected chi connectivity index (χ2v) is 3.74. The van der Waals surface area contributed by atoms with E-state index < -0.39 is 28.0 Å². The molecule has 7 heteroatoms. The normalized spacial score (nSPS) is 10.2. The summed E-state index contributed by atoms with van der Waals surface area (Å²) in [7, 11) is 1.26. The van der Waals surface area contributed by atoms with Crippen LogP contribution in [0.4, 0.5) is 14.5 Å². The Kier molecular flexibility index (Phi) is 3.79. The summed E-state index contributed by atoms with van der Waals surface area (Å²) in [5.74, 6) is -2.26. The average Bonchev–Trinajstić information content (AvgIpc) is 2.42. The lowest BCUT2D eigenvalue weighted by Crippen LogP contribution is -1.98. The van der Waals surface area contributed by atoms with E-state index in [1.807, 2.05) is 0 Å². The molecule has 20 heavy (non-hydrogen) atoms. The third-order valence-corrected chi connectivity index (χ3v) is 2.48. The first-order valence-electron chi connectivity index (χ1n) is 5.47. The van der Waals surface area contributed by atoms with Crippen molar-refractivity contribution in [1.29, 1.82) is 0 Å². The van der Waals surface area contributed by atoms with Crippen molar-refractivity contribution in [2.24, 2.45) is 0 Å². The second kappa shape index (κ2) is 5.52. The number of ether oxygens (including phenoxy) is 2. The van der Waals surface area contributed by atoms with Crippen molar-refractivity contribution in [3.05, 3.63) is 58.1 Å². The van der Waals surface area contributed by atoms with Crippen LogP contribution in [0.5, 0.6) is 17.2 Å². The highest BCUT2D eigenvalue weighted by Gasteiger charge is 2.23. The number of rotatable bonds is 4. The van der Waals surface area contributed by atoms with Gasteiger partial charge in [-0.25, -0.2) is 8.78 Å². The van der Waals surface area contributed by atoms with E-state index in [9.17, 15) is 18.9 Å². The van der Waals surface area contributed by atoms with Gasteiger partial charge < -0.3 is 9.47 Å². The van der Waals surface area contributed by atoms with Gasteiger partial charge in [-0.05, 0) is 24.3 Å². The largest absolute Gasteiger partial charge is 0.490 e. The van der Waals surface area contributed by atoms with Gasteiger partial charge in [-0.15, -0.1) is 0 Å². The highest BCUT2D eigenvalue weighted by Crippen LogP contribution is 2.39. The van der Waals surface area contributed by atoms with E-state index in [0.717, 1.165) is 18.2 Å². The van der Waals surface area contributed by atoms with Crippen LogP contribution in [0.3, 0.4) is 0 Å². The zero-order chi connectivity index (χ0) is 14.7. The van der Waals surface area contributed by atoms with Gasteiger partial charge in [0.2, 0.25) is 11.5 Å². The molecule has 5 nitrogen and oxygen atoms in total. The minimum absolute atomic E-state index is 0.0377. The summed E-state index contributed by atoms with van der Waals surface area (Å²) in [6.45, 7) is 0. The van der Waals surface area contributed by atoms with E-state index in [1.54, 1.807) is 0 Å². The first kappa shape index (κ1) is 13.7. The van der Waals surface area contributed by atoms with Gasteiger partial charge in [0.15, 0.2) is 11.6 Å². The van der Waals surface area contributed by atoms with E-state index in [1.165, 1.54) is 25.3 Å². The lowest BCUT2D eigenvalue weighted by molar-refractivity contribution is -0.386. The first-order chi connectivity index (χ1) is 9.52. The van der Waals surface area contributed by atoms with Crippen molar-refractivity contribution in [2.75, 3.05) is 7.11 Å². The summed E-state index contributed by atoms with van der Waals surface area (Å²) in [4.78, 5) is 10.3. The molecular formula is C13H9F2NO4. The predicted octanol–water partition coefficient (Wildman–Crippen LogP) is 3.67. The quantitative estimate of drug-likeness (QED) is 0.633. The molecule has 0 heterocycles. The molecule has 0 spiro atoms. The van der Waals surface area contributed by atoms with Crippen molar-refractivity contribution in [2.45, 2.75) is 0 Å². The number of methoxy groups -OCH3 is 1. The van der Waals surface area contributed by atoms with Gasteiger partial charge in [-0.2, -0.15) is 0 Å². The van der Waals surface area contributed by atoms with Gasteiger partial charge in [0, 0.05) is 6.07 Å². The summed E-state index contributed by atoms with van der Waals surface area (Å²) >= 11 is 0. The fourth-order valence-corrected chi connectivity index (χ4v) is 1.60. The Morgan fingerprint density at radius 3 is 2.45 bits per heavy atom. The van der Waals surface area contributed by atoms with Gasteiger partial charge in [0.05, 0.1) is 12.0 Å². The Morgan fingerprint density at radius 1 is 1.10 bits per heavy atom. The van der Waals surface area contributed by atoms with E-state index in [2.05, 4.69) is 0 Å². The van der Waals surface area contributed by atoms with Crippen LogP contribution in [0.1, 0.15) is 0 Å². The molecule has 0 fully saturated rings. The van der Waals surface area contributed by atoms with Crippen molar-refractivity contribution >= 4 is 5.69 Å². The molecule has 0 aliphatic carbocycles. The SMILES string of the molecule is COc1cccc(Oc2cc(F)ccc2F)c1[N+](=O)[O-]. The number of nitro groups is 1.